The number of para-hydroxylation sites is 1. The van der Waals surface area contributed by atoms with Crippen LogP contribution in [0.25, 0.3) is 0 Å². The molecule has 198 valence electrons. The lowest BCUT2D eigenvalue weighted by Gasteiger charge is -2.36. The minimum absolute atomic E-state index is 0.0520. The van der Waals surface area contributed by atoms with Crippen LogP contribution in [0.15, 0.2) is 95.6 Å². The Labute approximate surface area is 234 Å². The number of hydrogen-bond donors (Lipinski definition) is 0. The van der Waals surface area contributed by atoms with Crippen LogP contribution in [0.2, 0.25) is 5.02 Å². The fourth-order valence-electron chi connectivity index (χ4n) is 6.52. The van der Waals surface area contributed by atoms with Gasteiger partial charge in [0.2, 0.25) is 0 Å². The smallest absolute Gasteiger partial charge is 0.253 e. The molecule has 0 unspecified atom stereocenters. The number of Topliss-reactive ketones (excluding diaryl/α,β-unsaturated/α-hetero) is 1. The van der Waals surface area contributed by atoms with Gasteiger partial charge in [-0.15, -0.1) is 0 Å². The first-order chi connectivity index (χ1) is 18.8. The van der Waals surface area contributed by atoms with Gasteiger partial charge in [-0.05, 0) is 54.4 Å². The van der Waals surface area contributed by atoms with E-state index >= 15 is 0 Å². The van der Waals surface area contributed by atoms with Crippen molar-refractivity contribution in [2.75, 3.05) is 18.5 Å². The van der Waals surface area contributed by atoms with Gasteiger partial charge in [0, 0.05) is 34.3 Å². The second-order valence-corrected chi connectivity index (χ2v) is 11.4. The quantitative estimate of drug-likeness (QED) is 0.247. The Morgan fingerprint density at radius 2 is 1.79 bits per heavy atom. The van der Waals surface area contributed by atoms with Gasteiger partial charge < -0.3 is 9.32 Å². The molecule has 3 atom stereocenters. The van der Waals surface area contributed by atoms with Crippen molar-refractivity contribution < 1.29 is 14.0 Å². The van der Waals surface area contributed by atoms with Gasteiger partial charge in [0.25, 0.3) is 5.91 Å². The molecule has 4 aromatic rings. The summed E-state index contributed by atoms with van der Waals surface area (Å²) in [5, 5.41) is 0.621. The van der Waals surface area contributed by atoms with Crippen molar-refractivity contribution in [1.82, 2.24) is 4.90 Å². The van der Waals surface area contributed by atoms with Crippen LogP contribution in [0.1, 0.15) is 58.5 Å². The number of likely N-dealkylation sites (tertiary alicyclic amines) is 1. The summed E-state index contributed by atoms with van der Waals surface area (Å²) in [7, 11) is 1.95. The molecule has 1 amide bonds. The normalized spacial score (nSPS) is 22.7. The zero-order valence-corrected chi connectivity index (χ0v) is 23.1. The second-order valence-electron chi connectivity index (χ2n) is 10.9. The van der Waals surface area contributed by atoms with E-state index in [1.807, 2.05) is 96.9 Å². The monoisotopic (exact) mass is 538 g/mol. The molecule has 2 aliphatic heterocycles. The molecule has 1 aromatic heterocycles. The molecule has 3 heterocycles. The van der Waals surface area contributed by atoms with E-state index in [0.717, 1.165) is 22.6 Å². The molecule has 0 bridgehead atoms. The Bertz CT molecular complexity index is 1530. The second kappa shape index (κ2) is 9.82. The highest BCUT2D eigenvalue weighted by Gasteiger charge is 2.66. The van der Waals surface area contributed by atoms with Gasteiger partial charge in [-0.1, -0.05) is 80.0 Å². The number of anilines is 1. The molecule has 0 radical (unpaired) electrons. The summed E-state index contributed by atoms with van der Waals surface area (Å²) in [6.07, 6.45) is 1.63. The molecule has 0 aliphatic carbocycles. The lowest BCUT2D eigenvalue weighted by Crippen LogP contribution is -2.53. The Hall–Kier alpha value is -3.67. The molecule has 1 saturated heterocycles. The fraction of sp³-hybridized carbons (Fsp3) is 0.273. The van der Waals surface area contributed by atoms with Crippen LogP contribution in [-0.4, -0.2) is 30.2 Å². The summed E-state index contributed by atoms with van der Waals surface area (Å²) in [5.41, 5.74) is 3.21. The van der Waals surface area contributed by atoms with E-state index in [2.05, 4.69) is 18.7 Å². The molecule has 3 aromatic carbocycles. The molecule has 2 aliphatic rings. The predicted octanol–water partition coefficient (Wildman–Crippen LogP) is 7.03. The van der Waals surface area contributed by atoms with Crippen LogP contribution in [0.4, 0.5) is 5.69 Å². The first kappa shape index (κ1) is 25.6. The predicted molar refractivity (Wildman–Crippen MR) is 153 cm³/mol. The molecule has 1 fully saturated rings. The molecule has 6 heteroatoms. The van der Waals surface area contributed by atoms with Gasteiger partial charge in [0.05, 0.1) is 18.7 Å². The van der Waals surface area contributed by atoms with E-state index in [1.165, 1.54) is 5.56 Å². The van der Waals surface area contributed by atoms with E-state index in [-0.39, 0.29) is 17.6 Å². The lowest BCUT2D eigenvalue weighted by atomic mass is 9.71. The number of carbonyl (C=O) groups is 2. The molecule has 39 heavy (non-hydrogen) atoms. The largest absolute Gasteiger partial charge is 0.469 e. The maximum absolute atomic E-state index is 14.8. The summed E-state index contributed by atoms with van der Waals surface area (Å²) >= 11 is 6.28. The van der Waals surface area contributed by atoms with Crippen LogP contribution in [0.3, 0.4) is 0 Å². The van der Waals surface area contributed by atoms with Gasteiger partial charge >= 0.3 is 0 Å². The average Bonchev–Trinajstić information content (AvgIpc) is 3.63. The number of nitrogens with zero attached hydrogens (tertiary/aromatic N) is 2. The topological polar surface area (TPSA) is 53.8 Å². The number of furan rings is 1. The third kappa shape index (κ3) is 4.03. The van der Waals surface area contributed by atoms with Crippen molar-refractivity contribution in [3.05, 3.63) is 124 Å². The Balaban J connectivity index is 1.51. The van der Waals surface area contributed by atoms with Crippen LogP contribution in [0, 0.1) is 5.92 Å². The van der Waals surface area contributed by atoms with Crippen molar-refractivity contribution in [1.29, 1.82) is 0 Å². The zero-order chi connectivity index (χ0) is 27.3. The molecule has 5 nitrogen and oxygen atoms in total. The lowest BCUT2D eigenvalue weighted by molar-refractivity contribution is -0.129. The standard InChI is InChI=1S/C33H31ClN2O3/c1-21(2)23-13-15-24(16-14-23)31(37)30-26(29-12-7-17-39-29)20-35(3)33(30)27-10-4-5-11-28(27)36(32(33)38)19-22-8-6-9-25(34)18-22/h4-18,21,26,30H,19-20H2,1-3H3/t26-,30-,33+/m0/s1. The number of ketones is 1. The van der Waals surface area contributed by atoms with Crippen molar-refractivity contribution in [3.63, 3.8) is 0 Å². The Morgan fingerprint density at radius 1 is 1.03 bits per heavy atom. The number of benzene rings is 3. The van der Waals surface area contributed by atoms with Crippen molar-refractivity contribution in [3.8, 4) is 0 Å². The average molecular weight is 539 g/mol. The number of fused-ring (bicyclic) bond motifs is 2. The first-order valence-electron chi connectivity index (χ1n) is 13.4. The molecule has 0 saturated carbocycles. The van der Waals surface area contributed by atoms with E-state index in [1.54, 1.807) is 6.26 Å². The summed E-state index contributed by atoms with van der Waals surface area (Å²) in [6.45, 7) is 5.14. The minimum Gasteiger partial charge on any atom is -0.469 e. The number of hydrogen-bond acceptors (Lipinski definition) is 4. The number of carbonyl (C=O) groups excluding carboxylic acids is 2. The van der Waals surface area contributed by atoms with E-state index in [9.17, 15) is 9.59 Å². The van der Waals surface area contributed by atoms with Crippen LogP contribution < -0.4 is 4.90 Å². The summed E-state index contributed by atoms with van der Waals surface area (Å²) < 4.78 is 5.88. The van der Waals surface area contributed by atoms with Crippen molar-refractivity contribution in [2.24, 2.45) is 5.92 Å². The van der Waals surface area contributed by atoms with Gasteiger partial charge in [-0.3, -0.25) is 14.5 Å². The maximum atomic E-state index is 14.8. The first-order valence-corrected chi connectivity index (χ1v) is 13.7. The van der Waals surface area contributed by atoms with Gasteiger partial charge in [-0.2, -0.15) is 0 Å². The third-order valence-electron chi connectivity index (χ3n) is 8.38. The highest BCUT2D eigenvalue weighted by Crippen LogP contribution is 2.57. The van der Waals surface area contributed by atoms with Crippen LogP contribution in [0.5, 0.6) is 0 Å². The van der Waals surface area contributed by atoms with Gasteiger partial charge in [0.1, 0.15) is 11.3 Å². The summed E-state index contributed by atoms with van der Waals surface area (Å²) in [4.78, 5) is 33.2. The van der Waals surface area contributed by atoms with Crippen LogP contribution >= 0.6 is 11.6 Å². The number of halogens is 1. The van der Waals surface area contributed by atoms with Gasteiger partial charge in [-0.25, -0.2) is 0 Å². The zero-order valence-electron chi connectivity index (χ0n) is 22.3. The molecular formula is C33H31ClN2O3. The third-order valence-corrected chi connectivity index (χ3v) is 8.62. The van der Waals surface area contributed by atoms with Crippen molar-refractivity contribution in [2.45, 2.75) is 37.8 Å². The van der Waals surface area contributed by atoms with Crippen LogP contribution in [-0.2, 0) is 16.9 Å². The highest BCUT2D eigenvalue weighted by molar-refractivity contribution is 6.30. The molecule has 0 N–H and O–H groups in total. The number of amides is 1. The Kier molecular flexibility index (Phi) is 6.44. The van der Waals surface area contributed by atoms with E-state index in [0.29, 0.717) is 29.6 Å². The SMILES string of the molecule is CC(C)c1ccc(C(=O)[C@@H]2[C@H](c3ccco3)CN(C)[C@@]23C(=O)N(Cc2cccc(Cl)c2)c2ccccc23)cc1. The molecule has 1 spiro atoms. The fourth-order valence-corrected chi connectivity index (χ4v) is 6.73. The minimum atomic E-state index is -1.17. The molecular weight excluding hydrogens is 508 g/mol. The van der Waals surface area contributed by atoms with Gasteiger partial charge in [0.15, 0.2) is 5.78 Å². The van der Waals surface area contributed by atoms with E-state index < -0.39 is 11.5 Å². The van der Waals surface area contributed by atoms with Crippen molar-refractivity contribution >= 4 is 29.0 Å². The maximum Gasteiger partial charge on any atom is 0.253 e. The Morgan fingerprint density at radius 3 is 2.49 bits per heavy atom. The number of rotatable bonds is 6. The summed E-state index contributed by atoms with van der Waals surface area (Å²) in [5.74, 6) is -0.0325. The highest BCUT2D eigenvalue weighted by atomic mass is 35.5. The molecule has 6 rings (SSSR count). The summed E-state index contributed by atoms with van der Waals surface area (Å²) in [6, 6.07) is 27.0. The van der Waals surface area contributed by atoms with E-state index in [4.69, 9.17) is 16.0 Å². The number of likely N-dealkylation sites (N-methyl/N-ethyl adjacent to an activating group) is 1.